The number of para-hydroxylation sites is 2. The number of rotatable bonds is 8. The van der Waals surface area contributed by atoms with E-state index < -0.39 is 0 Å². The van der Waals surface area contributed by atoms with Crippen molar-refractivity contribution in [1.29, 1.82) is 0 Å². The van der Waals surface area contributed by atoms with Crippen molar-refractivity contribution in [3.63, 3.8) is 0 Å². The maximum atomic E-state index is 5.16. The number of nitrogens with zero attached hydrogens (tertiary/aromatic N) is 5. The van der Waals surface area contributed by atoms with Crippen LogP contribution < -0.4 is 5.43 Å². The molecule has 0 bridgehead atoms. The molecule has 0 radical (unpaired) electrons. The summed E-state index contributed by atoms with van der Waals surface area (Å²) in [5, 5.41) is 4.78. The minimum Gasteiger partial charge on any atom is -0.309 e. The lowest BCUT2D eigenvalue weighted by Gasteiger charge is -2.32. The summed E-state index contributed by atoms with van der Waals surface area (Å²) in [6.45, 7) is 0. The number of hydrogen-bond acceptors (Lipinski definition) is 5. The highest BCUT2D eigenvalue weighted by molar-refractivity contribution is 6.09. The molecule has 13 rings (SSSR count). The number of nitrogens with one attached hydrogen (secondary N) is 1. The van der Waals surface area contributed by atoms with E-state index in [0.29, 0.717) is 17.5 Å². The zero-order valence-corrected chi connectivity index (χ0v) is 36.9. The minimum atomic E-state index is -0.0568. The van der Waals surface area contributed by atoms with Crippen LogP contribution in [0.15, 0.2) is 237 Å². The molecule has 1 N–H and O–H groups in total. The monoisotopic (exact) mass is 870 g/mol. The number of aromatic nitrogens is 4. The quantitative estimate of drug-likeness (QED) is 0.165. The van der Waals surface area contributed by atoms with Crippen LogP contribution in [0.25, 0.3) is 95.8 Å². The third-order valence-corrected chi connectivity index (χ3v) is 13.3. The highest BCUT2D eigenvalue weighted by atomic mass is 15.6. The summed E-state index contributed by atoms with van der Waals surface area (Å²) in [5.74, 6) is 1.86. The third kappa shape index (κ3) is 6.74. The van der Waals surface area contributed by atoms with Crippen molar-refractivity contribution in [2.75, 3.05) is 0 Å². The molecule has 0 spiro atoms. The number of hydrazine groups is 1. The smallest absolute Gasteiger partial charge is 0.164 e. The predicted octanol–water partition coefficient (Wildman–Crippen LogP) is 14.6. The maximum absolute atomic E-state index is 5.16. The Morgan fingerprint density at radius 2 is 0.824 bits per heavy atom. The van der Waals surface area contributed by atoms with E-state index in [2.05, 4.69) is 239 Å². The molecule has 0 saturated carbocycles. The largest absolute Gasteiger partial charge is 0.309 e. The predicted molar refractivity (Wildman–Crippen MR) is 278 cm³/mol. The van der Waals surface area contributed by atoms with E-state index in [1.807, 2.05) is 18.2 Å². The van der Waals surface area contributed by atoms with Crippen LogP contribution in [-0.2, 0) is 0 Å². The van der Waals surface area contributed by atoms with Gasteiger partial charge in [0.25, 0.3) is 0 Å². The highest BCUT2D eigenvalue weighted by Crippen LogP contribution is 2.51. The summed E-state index contributed by atoms with van der Waals surface area (Å²) in [6, 6.07) is 83.4. The van der Waals surface area contributed by atoms with Crippen molar-refractivity contribution in [3.05, 3.63) is 264 Å². The van der Waals surface area contributed by atoms with Crippen LogP contribution in [-0.4, -0.2) is 24.5 Å². The fourth-order valence-corrected chi connectivity index (χ4v) is 10.1. The van der Waals surface area contributed by atoms with Crippen LogP contribution in [0.3, 0.4) is 0 Å². The van der Waals surface area contributed by atoms with Gasteiger partial charge in [-0.25, -0.2) is 20.4 Å². The van der Waals surface area contributed by atoms with E-state index in [-0.39, 0.29) is 6.04 Å². The summed E-state index contributed by atoms with van der Waals surface area (Å²) in [4.78, 5) is 15.3. The van der Waals surface area contributed by atoms with E-state index in [1.165, 1.54) is 49.6 Å². The lowest BCUT2D eigenvalue weighted by molar-refractivity contribution is 0.405. The molecular formula is C62H42N6. The van der Waals surface area contributed by atoms with Crippen molar-refractivity contribution in [3.8, 4) is 51.0 Å². The van der Waals surface area contributed by atoms with Gasteiger partial charge in [-0.15, -0.1) is 0 Å². The molecule has 0 saturated heterocycles. The van der Waals surface area contributed by atoms with Gasteiger partial charge in [0, 0.05) is 44.3 Å². The van der Waals surface area contributed by atoms with Gasteiger partial charge in [0.1, 0.15) is 0 Å². The first-order valence-corrected chi connectivity index (χ1v) is 23.1. The van der Waals surface area contributed by atoms with Crippen LogP contribution in [0.5, 0.6) is 0 Å². The van der Waals surface area contributed by atoms with E-state index >= 15 is 0 Å². The first kappa shape index (κ1) is 39.4. The van der Waals surface area contributed by atoms with Gasteiger partial charge in [-0.3, -0.25) is 5.01 Å². The summed E-state index contributed by atoms with van der Waals surface area (Å²) < 4.78 is 2.33. The average Bonchev–Trinajstić information content (AvgIpc) is 3.99. The highest BCUT2D eigenvalue weighted by Gasteiger charge is 2.39. The summed E-state index contributed by atoms with van der Waals surface area (Å²) >= 11 is 0. The van der Waals surface area contributed by atoms with Crippen molar-refractivity contribution in [1.82, 2.24) is 30.0 Å². The van der Waals surface area contributed by atoms with Crippen LogP contribution in [0.1, 0.15) is 33.9 Å². The average molecular weight is 871 g/mol. The Morgan fingerprint density at radius 3 is 1.41 bits per heavy atom. The summed E-state index contributed by atoms with van der Waals surface area (Å²) in [6.07, 6.45) is 2.34. The normalized spacial score (nSPS) is 14.3. The van der Waals surface area contributed by atoms with Gasteiger partial charge in [0.2, 0.25) is 0 Å². The van der Waals surface area contributed by atoms with Gasteiger partial charge in [0.15, 0.2) is 17.5 Å². The van der Waals surface area contributed by atoms with E-state index in [9.17, 15) is 0 Å². The van der Waals surface area contributed by atoms with Gasteiger partial charge in [-0.1, -0.05) is 200 Å². The van der Waals surface area contributed by atoms with Crippen molar-refractivity contribution in [2.24, 2.45) is 0 Å². The first-order valence-electron chi connectivity index (χ1n) is 23.1. The van der Waals surface area contributed by atoms with Gasteiger partial charge in [-0.2, -0.15) is 0 Å². The number of hydrogen-bond donors (Lipinski definition) is 1. The molecule has 2 aliphatic rings. The zero-order chi connectivity index (χ0) is 45.0. The van der Waals surface area contributed by atoms with Crippen molar-refractivity contribution in [2.45, 2.75) is 6.04 Å². The van der Waals surface area contributed by atoms with E-state index in [4.69, 9.17) is 15.0 Å². The van der Waals surface area contributed by atoms with Crippen LogP contribution >= 0.6 is 0 Å². The molecule has 4 heterocycles. The molecule has 6 heteroatoms. The molecule has 320 valence electrons. The molecule has 9 aromatic carbocycles. The van der Waals surface area contributed by atoms with Gasteiger partial charge in [-0.05, 0) is 75.9 Å². The standard InChI is InChI=1S/C62H42N6/c1-5-18-42(19-6-1)56-40-53-49(28-17-29-52(53)59-57(43-20-7-2-8-21-43)58(66-68(56)59)44-22-9-3-10-23-44)41-32-34-46(35-33-41)61-63-60(45-24-11-4-12-25-45)64-62(65-61)47-36-38-48(39-37-47)67-54-30-15-13-26-50(54)51-27-14-16-31-55(51)67/h1-40,58,66H. The van der Waals surface area contributed by atoms with Gasteiger partial charge in [0.05, 0.1) is 28.5 Å². The number of fused-ring (bicyclic) bond motifs is 6. The van der Waals surface area contributed by atoms with Crippen LogP contribution in [0.2, 0.25) is 0 Å². The molecule has 2 aliphatic heterocycles. The molecule has 1 unspecified atom stereocenters. The second-order valence-corrected chi connectivity index (χ2v) is 17.3. The molecule has 11 aromatic rings. The van der Waals surface area contributed by atoms with Gasteiger partial charge >= 0.3 is 0 Å². The topological polar surface area (TPSA) is 58.9 Å². The Morgan fingerprint density at radius 1 is 0.368 bits per heavy atom. The SMILES string of the molecule is C1=C(c2ccccc2)N2NC(c3ccccc3)C(c3ccccc3)=C2c2cccc(-c3ccc(-c4nc(-c5ccccc5)nc(-c5ccc(-n6c7ccccc7c7ccccc76)cc5)n4)cc3)c21. The molecule has 1 atom stereocenters. The Kier molecular flexibility index (Phi) is 9.55. The zero-order valence-electron chi connectivity index (χ0n) is 36.9. The Balaban J connectivity index is 0.914. The second kappa shape index (κ2) is 16.5. The maximum Gasteiger partial charge on any atom is 0.164 e. The molecule has 0 amide bonds. The molecule has 6 nitrogen and oxygen atoms in total. The molecular weight excluding hydrogens is 829 g/mol. The first-order chi connectivity index (χ1) is 33.7. The minimum absolute atomic E-state index is 0.0568. The van der Waals surface area contributed by atoms with E-state index in [1.54, 1.807) is 0 Å². The lowest BCUT2D eigenvalue weighted by Crippen LogP contribution is -2.33. The summed E-state index contributed by atoms with van der Waals surface area (Å²) in [7, 11) is 0. The van der Waals surface area contributed by atoms with Crippen LogP contribution in [0, 0.1) is 0 Å². The molecule has 2 aromatic heterocycles. The Bertz CT molecular complexity index is 3680. The van der Waals surface area contributed by atoms with Crippen molar-refractivity contribution >= 4 is 44.8 Å². The fraction of sp³-hybridized carbons (Fsp3) is 0.0161. The lowest BCUT2D eigenvalue weighted by atomic mass is 9.85. The van der Waals surface area contributed by atoms with Crippen LogP contribution in [0.4, 0.5) is 0 Å². The number of benzene rings is 9. The molecule has 68 heavy (non-hydrogen) atoms. The third-order valence-electron chi connectivity index (χ3n) is 13.3. The Hall–Kier alpha value is -8.97. The molecule has 0 fully saturated rings. The summed E-state index contributed by atoms with van der Waals surface area (Å²) in [5.41, 5.74) is 21.8. The Labute approximate surface area is 394 Å². The van der Waals surface area contributed by atoms with Crippen molar-refractivity contribution < 1.29 is 0 Å². The van der Waals surface area contributed by atoms with Gasteiger partial charge < -0.3 is 4.57 Å². The second-order valence-electron chi connectivity index (χ2n) is 17.3. The fourth-order valence-electron chi connectivity index (χ4n) is 10.1. The van der Waals surface area contributed by atoms with E-state index in [0.717, 1.165) is 50.5 Å². The molecule has 0 aliphatic carbocycles.